The molecule has 1 aliphatic heterocycles. The SMILES string of the molecule is COc1ccc(CN2C(=O)[C@@H](NC(=O)OC(C)(C)C)CNC(c3ccc(F)cc3)=C2C(=O)NC2CCCCC2)cc1. The number of amides is 3. The molecule has 220 valence electrons. The van der Waals surface area contributed by atoms with Gasteiger partial charge in [0, 0.05) is 18.2 Å². The number of carbonyl (C=O) groups excluding carboxylic acids is 3. The fourth-order valence-corrected chi connectivity index (χ4v) is 5.03. The molecule has 0 unspecified atom stereocenters. The zero-order valence-corrected chi connectivity index (χ0v) is 24.1. The second-order valence-corrected chi connectivity index (χ2v) is 11.4. The summed E-state index contributed by atoms with van der Waals surface area (Å²) in [6.45, 7) is 5.24. The molecule has 1 atom stereocenters. The molecular formula is C31H39FN4O5. The predicted molar refractivity (Wildman–Crippen MR) is 153 cm³/mol. The van der Waals surface area contributed by atoms with E-state index in [1.807, 2.05) is 12.1 Å². The van der Waals surface area contributed by atoms with Crippen molar-refractivity contribution in [2.75, 3.05) is 13.7 Å². The predicted octanol–water partition coefficient (Wildman–Crippen LogP) is 4.48. The van der Waals surface area contributed by atoms with E-state index in [2.05, 4.69) is 16.0 Å². The fourth-order valence-electron chi connectivity index (χ4n) is 5.03. The van der Waals surface area contributed by atoms with Gasteiger partial charge in [-0.3, -0.25) is 14.5 Å². The molecule has 2 aromatic rings. The van der Waals surface area contributed by atoms with Crippen molar-refractivity contribution < 1.29 is 28.2 Å². The molecule has 3 N–H and O–H groups in total. The van der Waals surface area contributed by atoms with Crippen molar-refractivity contribution in [2.24, 2.45) is 0 Å². The Kier molecular flexibility index (Phi) is 9.52. The van der Waals surface area contributed by atoms with Gasteiger partial charge in [-0.25, -0.2) is 9.18 Å². The van der Waals surface area contributed by atoms with Crippen LogP contribution in [0, 0.1) is 5.82 Å². The van der Waals surface area contributed by atoms with E-state index >= 15 is 0 Å². The highest BCUT2D eigenvalue weighted by molar-refractivity contribution is 6.05. The lowest BCUT2D eigenvalue weighted by Crippen LogP contribution is -2.52. The number of hydrogen-bond donors (Lipinski definition) is 3. The minimum absolute atomic E-state index is 0.00981. The lowest BCUT2D eigenvalue weighted by Gasteiger charge is -2.30. The van der Waals surface area contributed by atoms with Crippen LogP contribution >= 0.6 is 0 Å². The van der Waals surface area contributed by atoms with Gasteiger partial charge in [-0.05, 0) is 75.6 Å². The minimum atomic E-state index is -1.04. The van der Waals surface area contributed by atoms with Crippen LogP contribution in [0.5, 0.6) is 5.75 Å². The van der Waals surface area contributed by atoms with Crippen molar-refractivity contribution in [3.63, 3.8) is 0 Å². The maximum atomic E-state index is 14.1. The molecular weight excluding hydrogens is 527 g/mol. The van der Waals surface area contributed by atoms with Crippen LogP contribution in [0.25, 0.3) is 5.70 Å². The average molecular weight is 567 g/mol. The third-order valence-corrected chi connectivity index (χ3v) is 7.03. The van der Waals surface area contributed by atoms with Gasteiger partial charge in [-0.15, -0.1) is 0 Å². The van der Waals surface area contributed by atoms with Crippen LogP contribution in [-0.4, -0.2) is 54.1 Å². The minimum Gasteiger partial charge on any atom is -0.497 e. The maximum Gasteiger partial charge on any atom is 0.408 e. The highest BCUT2D eigenvalue weighted by Crippen LogP contribution is 2.27. The third-order valence-electron chi connectivity index (χ3n) is 7.03. The molecule has 0 radical (unpaired) electrons. The summed E-state index contributed by atoms with van der Waals surface area (Å²) in [5.41, 5.74) is 0.991. The number of nitrogens with one attached hydrogen (secondary N) is 3. The molecule has 41 heavy (non-hydrogen) atoms. The standard InChI is InChI=1S/C31H39FN4O5/c1-31(2,3)41-30(39)35-25-18-33-26(21-12-14-22(32)15-13-21)27(28(37)34-23-8-6-5-7-9-23)36(29(25)38)19-20-10-16-24(40-4)17-11-20/h10-17,23,25,33H,5-9,18-19H2,1-4H3,(H,34,37)(H,35,39)/t25-/m0/s1. The number of methoxy groups -OCH3 is 1. The molecule has 3 amide bonds. The zero-order valence-electron chi connectivity index (χ0n) is 24.1. The molecule has 9 nitrogen and oxygen atoms in total. The first-order valence-corrected chi connectivity index (χ1v) is 14.0. The van der Waals surface area contributed by atoms with E-state index < -0.39 is 35.4 Å². The molecule has 4 rings (SSSR count). The maximum absolute atomic E-state index is 14.1. The number of ether oxygens (including phenoxy) is 2. The van der Waals surface area contributed by atoms with E-state index in [9.17, 15) is 18.8 Å². The fraction of sp³-hybridized carbons (Fsp3) is 0.452. The molecule has 0 spiro atoms. The van der Waals surface area contributed by atoms with Crippen molar-refractivity contribution in [3.05, 3.63) is 71.2 Å². The van der Waals surface area contributed by atoms with Crippen LogP contribution in [0.3, 0.4) is 0 Å². The molecule has 0 bridgehead atoms. The van der Waals surface area contributed by atoms with Crippen LogP contribution in [-0.2, 0) is 20.9 Å². The molecule has 1 aliphatic carbocycles. The van der Waals surface area contributed by atoms with Crippen molar-refractivity contribution in [3.8, 4) is 5.75 Å². The average Bonchev–Trinajstić information content (AvgIpc) is 3.06. The zero-order chi connectivity index (χ0) is 29.6. The Bertz CT molecular complexity index is 1260. The van der Waals surface area contributed by atoms with Crippen molar-refractivity contribution in [2.45, 2.75) is 77.1 Å². The number of halogens is 1. The van der Waals surface area contributed by atoms with Crippen LogP contribution < -0.4 is 20.7 Å². The topological polar surface area (TPSA) is 109 Å². The Labute approximate surface area is 240 Å². The first-order chi connectivity index (χ1) is 19.5. The van der Waals surface area contributed by atoms with E-state index in [-0.39, 0.29) is 24.8 Å². The van der Waals surface area contributed by atoms with E-state index in [1.54, 1.807) is 52.1 Å². The summed E-state index contributed by atoms with van der Waals surface area (Å²) in [5.74, 6) is -0.666. The van der Waals surface area contributed by atoms with Crippen LogP contribution in [0.4, 0.5) is 9.18 Å². The van der Waals surface area contributed by atoms with Gasteiger partial charge in [0.05, 0.1) is 19.4 Å². The lowest BCUT2D eigenvalue weighted by molar-refractivity contribution is -0.134. The summed E-state index contributed by atoms with van der Waals surface area (Å²) in [7, 11) is 1.57. The largest absolute Gasteiger partial charge is 0.497 e. The summed E-state index contributed by atoms with van der Waals surface area (Å²) in [4.78, 5) is 42.2. The van der Waals surface area contributed by atoms with Crippen LogP contribution in [0.1, 0.15) is 64.0 Å². The Morgan fingerprint density at radius 1 is 1.00 bits per heavy atom. The van der Waals surface area contributed by atoms with Gasteiger partial charge in [-0.2, -0.15) is 0 Å². The molecule has 1 fully saturated rings. The summed E-state index contributed by atoms with van der Waals surface area (Å²) >= 11 is 0. The molecule has 1 heterocycles. The molecule has 0 aromatic heterocycles. The highest BCUT2D eigenvalue weighted by atomic mass is 19.1. The molecule has 0 saturated heterocycles. The molecule has 2 aromatic carbocycles. The number of nitrogens with zero attached hydrogens (tertiary/aromatic N) is 1. The van der Waals surface area contributed by atoms with E-state index in [4.69, 9.17) is 9.47 Å². The summed E-state index contributed by atoms with van der Waals surface area (Å²) in [6, 6.07) is 11.8. The monoisotopic (exact) mass is 566 g/mol. The third kappa shape index (κ3) is 7.99. The van der Waals surface area contributed by atoms with Crippen molar-refractivity contribution in [1.29, 1.82) is 0 Å². The molecule has 10 heteroatoms. The number of alkyl carbamates (subject to hydrolysis) is 1. The van der Waals surface area contributed by atoms with E-state index in [0.717, 1.165) is 37.7 Å². The van der Waals surface area contributed by atoms with Crippen LogP contribution in [0.2, 0.25) is 0 Å². The van der Waals surface area contributed by atoms with Gasteiger partial charge in [-0.1, -0.05) is 31.4 Å². The Balaban J connectivity index is 1.77. The van der Waals surface area contributed by atoms with E-state index in [0.29, 0.717) is 17.0 Å². The quantitative estimate of drug-likeness (QED) is 0.456. The Morgan fingerprint density at radius 3 is 2.27 bits per heavy atom. The molecule has 1 saturated carbocycles. The summed E-state index contributed by atoms with van der Waals surface area (Å²) < 4.78 is 24.6. The van der Waals surface area contributed by atoms with Gasteiger partial charge >= 0.3 is 6.09 Å². The van der Waals surface area contributed by atoms with Crippen LogP contribution in [0.15, 0.2) is 54.2 Å². The second-order valence-electron chi connectivity index (χ2n) is 11.4. The Morgan fingerprint density at radius 2 is 1.66 bits per heavy atom. The number of carbonyl (C=O) groups is 3. The van der Waals surface area contributed by atoms with Gasteiger partial charge in [0.2, 0.25) is 0 Å². The lowest BCUT2D eigenvalue weighted by atomic mass is 9.95. The first-order valence-electron chi connectivity index (χ1n) is 14.0. The second kappa shape index (κ2) is 13.1. The van der Waals surface area contributed by atoms with Crippen molar-refractivity contribution >= 4 is 23.6 Å². The number of benzene rings is 2. The van der Waals surface area contributed by atoms with Gasteiger partial charge in [0.15, 0.2) is 0 Å². The van der Waals surface area contributed by atoms with Gasteiger partial charge in [0.25, 0.3) is 11.8 Å². The summed E-state index contributed by atoms with van der Waals surface area (Å²) in [5, 5.41) is 9.01. The summed E-state index contributed by atoms with van der Waals surface area (Å²) in [6.07, 6.45) is 4.12. The van der Waals surface area contributed by atoms with Gasteiger partial charge in [0.1, 0.15) is 28.9 Å². The Hall–Kier alpha value is -4.08. The van der Waals surface area contributed by atoms with Crippen molar-refractivity contribution in [1.82, 2.24) is 20.9 Å². The van der Waals surface area contributed by atoms with Gasteiger partial charge < -0.3 is 25.4 Å². The number of hydrogen-bond acceptors (Lipinski definition) is 6. The number of rotatable bonds is 7. The molecule has 2 aliphatic rings. The highest BCUT2D eigenvalue weighted by Gasteiger charge is 2.38. The normalized spacial score (nSPS) is 18.3. The van der Waals surface area contributed by atoms with E-state index in [1.165, 1.54) is 17.0 Å². The smallest absolute Gasteiger partial charge is 0.408 e. The first kappa shape index (κ1) is 29.9.